The van der Waals surface area contributed by atoms with Crippen LogP contribution in [0.3, 0.4) is 0 Å². The van der Waals surface area contributed by atoms with E-state index < -0.39 is 0 Å². The molecule has 0 unspecified atom stereocenters. The molecular weight excluding hydrogens is 236 g/mol. The number of nitrogens with two attached hydrogens (primary N) is 1. The zero-order valence-electron chi connectivity index (χ0n) is 10.8. The Bertz CT molecular complexity index is 669. The standard InChI is InChI=1S/C15H16N4/c1-18(14-6-4-5-12(16)9-14)10-13-11-19-8-3-2-7-15(19)17-13/h2-9,11H,10,16H2,1H3. The summed E-state index contributed by atoms with van der Waals surface area (Å²) in [6, 6.07) is 13.9. The first-order valence-corrected chi connectivity index (χ1v) is 6.22. The summed E-state index contributed by atoms with van der Waals surface area (Å²) in [5, 5.41) is 0. The maximum atomic E-state index is 5.80. The molecule has 3 rings (SSSR count). The van der Waals surface area contributed by atoms with Gasteiger partial charge < -0.3 is 15.0 Å². The minimum atomic E-state index is 0.755. The fraction of sp³-hybridized carbons (Fsp3) is 0.133. The second-order valence-corrected chi connectivity index (χ2v) is 4.65. The van der Waals surface area contributed by atoms with Crippen LogP contribution in [-0.2, 0) is 6.54 Å². The van der Waals surface area contributed by atoms with Crippen LogP contribution in [0.5, 0.6) is 0 Å². The van der Waals surface area contributed by atoms with Gasteiger partial charge in [0.15, 0.2) is 0 Å². The van der Waals surface area contributed by atoms with Gasteiger partial charge in [0.2, 0.25) is 0 Å². The molecule has 1 aromatic carbocycles. The number of pyridine rings is 1. The molecule has 4 nitrogen and oxygen atoms in total. The number of rotatable bonds is 3. The maximum Gasteiger partial charge on any atom is 0.137 e. The van der Waals surface area contributed by atoms with E-state index >= 15 is 0 Å². The lowest BCUT2D eigenvalue weighted by atomic mass is 10.2. The van der Waals surface area contributed by atoms with Crippen molar-refractivity contribution in [3.8, 4) is 0 Å². The van der Waals surface area contributed by atoms with Crippen molar-refractivity contribution in [1.29, 1.82) is 0 Å². The molecule has 96 valence electrons. The lowest BCUT2D eigenvalue weighted by molar-refractivity contribution is 0.896. The number of fused-ring (bicyclic) bond motifs is 1. The number of nitrogens with zero attached hydrogens (tertiary/aromatic N) is 3. The van der Waals surface area contributed by atoms with E-state index in [-0.39, 0.29) is 0 Å². The monoisotopic (exact) mass is 252 g/mol. The maximum absolute atomic E-state index is 5.80. The van der Waals surface area contributed by atoms with Gasteiger partial charge in [-0.1, -0.05) is 12.1 Å². The van der Waals surface area contributed by atoms with Crippen LogP contribution < -0.4 is 10.6 Å². The highest BCUT2D eigenvalue weighted by Crippen LogP contribution is 2.18. The van der Waals surface area contributed by atoms with Crippen molar-refractivity contribution < 1.29 is 0 Å². The fourth-order valence-electron chi connectivity index (χ4n) is 2.16. The van der Waals surface area contributed by atoms with E-state index in [2.05, 4.69) is 16.1 Å². The number of benzene rings is 1. The van der Waals surface area contributed by atoms with E-state index in [1.807, 2.05) is 60.1 Å². The predicted octanol–water partition coefficient (Wildman–Crippen LogP) is 2.55. The van der Waals surface area contributed by atoms with E-state index in [4.69, 9.17) is 5.73 Å². The summed E-state index contributed by atoms with van der Waals surface area (Å²) < 4.78 is 2.03. The minimum Gasteiger partial charge on any atom is -0.399 e. The van der Waals surface area contributed by atoms with Gasteiger partial charge >= 0.3 is 0 Å². The third-order valence-corrected chi connectivity index (χ3v) is 3.12. The second-order valence-electron chi connectivity index (χ2n) is 4.65. The Hall–Kier alpha value is -2.49. The molecule has 0 aliphatic rings. The Kier molecular flexibility index (Phi) is 2.83. The highest BCUT2D eigenvalue weighted by Gasteiger charge is 2.06. The molecule has 2 N–H and O–H groups in total. The summed E-state index contributed by atoms with van der Waals surface area (Å²) in [5.41, 5.74) is 9.69. The number of imidazole rings is 1. The highest BCUT2D eigenvalue weighted by atomic mass is 15.1. The van der Waals surface area contributed by atoms with Crippen molar-refractivity contribution >= 4 is 17.0 Å². The summed E-state index contributed by atoms with van der Waals surface area (Å²) >= 11 is 0. The largest absolute Gasteiger partial charge is 0.399 e. The first-order chi connectivity index (χ1) is 9.22. The van der Waals surface area contributed by atoms with Crippen LogP contribution in [0.2, 0.25) is 0 Å². The van der Waals surface area contributed by atoms with Gasteiger partial charge in [0.05, 0.1) is 12.2 Å². The van der Waals surface area contributed by atoms with E-state index in [1.165, 1.54) is 0 Å². The summed E-state index contributed by atoms with van der Waals surface area (Å²) in [4.78, 5) is 6.73. The molecule has 0 bridgehead atoms. The van der Waals surface area contributed by atoms with Crippen LogP contribution >= 0.6 is 0 Å². The van der Waals surface area contributed by atoms with Crippen molar-refractivity contribution in [1.82, 2.24) is 9.38 Å². The van der Waals surface area contributed by atoms with Gasteiger partial charge in [-0.2, -0.15) is 0 Å². The summed E-state index contributed by atoms with van der Waals surface area (Å²) in [7, 11) is 2.04. The number of hydrogen-bond donors (Lipinski definition) is 1. The third-order valence-electron chi connectivity index (χ3n) is 3.12. The van der Waals surface area contributed by atoms with Crippen LogP contribution in [0.25, 0.3) is 5.65 Å². The van der Waals surface area contributed by atoms with Gasteiger partial charge in [-0.3, -0.25) is 0 Å². The molecule has 4 heteroatoms. The molecule has 0 aliphatic carbocycles. The summed E-state index contributed by atoms with van der Waals surface area (Å²) in [6.07, 6.45) is 4.06. The number of hydrogen-bond acceptors (Lipinski definition) is 3. The lowest BCUT2D eigenvalue weighted by Gasteiger charge is -2.18. The average molecular weight is 252 g/mol. The molecule has 2 heterocycles. The van der Waals surface area contributed by atoms with Crippen LogP contribution in [-0.4, -0.2) is 16.4 Å². The molecule has 0 radical (unpaired) electrons. The predicted molar refractivity (Wildman–Crippen MR) is 78.2 cm³/mol. The Morgan fingerprint density at radius 3 is 2.89 bits per heavy atom. The SMILES string of the molecule is CN(Cc1cn2ccccc2n1)c1cccc(N)c1. The molecule has 2 aromatic heterocycles. The number of aromatic nitrogens is 2. The fourth-order valence-corrected chi connectivity index (χ4v) is 2.16. The average Bonchev–Trinajstić information content (AvgIpc) is 2.80. The van der Waals surface area contributed by atoms with E-state index in [1.54, 1.807) is 0 Å². The van der Waals surface area contributed by atoms with Crippen LogP contribution in [0, 0.1) is 0 Å². The molecule has 0 fully saturated rings. The summed E-state index contributed by atoms with van der Waals surface area (Å²) in [5.74, 6) is 0. The minimum absolute atomic E-state index is 0.755. The Labute approximate surface area is 112 Å². The quantitative estimate of drug-likeness (QED) is 0.729. The van der Waals surface area contributed by atoms with E-state index in [0.29, 0.717) is 0 Å². The van der Waals surface area contributed by atoms with Crippen molar-refractivity contribution in [2.75, 3.05) is 17.7 Å². The van der Waals surface area contributed by atoms with E-state index in [9.17, 15) is 0 Å². The zero-order chi connectivity index (χ0) is 13.2. The first-order valence-electron chi connectivity index (χ1n) is 6.22. The third kappa shape index (κ3) is 2.38. The van der Waals surface area contributed by atoms with Crippen molar-refractivity contribution in [3.63, 3.8) is 0 Å². The van der Waals surface area contributed by atoms with Crippen molar-refractivity contribution in [3.05, 3.63) is 60.6 Å². The van der Waals surface area contributed by atoms with Gasteiger partial charge in [0.1, 0.15) is 5.65 Å². The molecule has 0 amide bonds. The van der Waals surface area contributed by atoms with E-state index in [0.717, 1.165) is 29.3 Å². The molecule has 0 saturated heterocycles. The van der Waals surface area contributed by atoms with Gasteiger partial charge in [-0.15, -0.1) is 0 Å². The smallest absolute Gasteiger partial charge is 0.137 e. The lowest BCUT2D eigenvalue weighted by Crippen LogP contribution is -2.16. The van der Waals surface area contributed by atoms with Gasteiger partial charge in [0.25, 0.3) is 0 Å². The molecule has 19 heavy (non-hydrogen) atoms. The summed E-state index contributed by atoms with van der Waals surface area (Å²) in [6.45, 7) is 0.755. The zero-order valence-corrected chi connectivity index (χ0v) is 10.8. The normalized spacial score (nSPS) is 10.8. The van der Waals surface area contributed by atoms with Crippen LogP contribution in [0.15, 0.2) is 54.9 Å². The second kappa shape index (κ2) is 4.65. The molecule has 0 aliphatic heterocycles. The Balaban J connectivity index is 1.84. The first kappa shape index (κ1) is 11.6. The van der Waals surface area contributed by atoms with Gasteiger partial charge in [0, 0.05) is 30.8 Å². The topological polar surface area (TPSA) is 46.6 Å². The highest BCUT2D eigenvalue weighted by molar-refractivity contribution is 5.55. The van der Waals surface area contributed by atoms with Crippen molar-refractivity contribution in [2.45, 2.75) is 6.54 Å². The van der Waals surface area contributed by atoms with Gasteiger partial charge in [-0.25, -0.2) is 4.98 Å². The molecular formula is C15H16N4. The van der Waals surface area contributed by atoms with Crippen LogP contribution in [0.4, 0.5) is 11.4 Å². The van der Waals surface area contributed by atoms with Crippen molar-refractivity contribution in [2.24, 2.45) is 0 Å². The molecule has 0 atom stereocenters. The molecule has 0 spiro atoms. The number of anilines is 2. The Morgan fingerprint density at radius 1 is 1.21 bits per heavy atom. The molecule has 3 aromatic rings. The van der Waals surface area contributed by atoms with Crippen LogP contribution in [0.1, 0.15) is 5.69 Å². The van der Waals surface area contributed by atoms with Gasteiger partial charge in [-0.05, 0) is 30.3 Å². The number of nitrogen functional groups attached to an aromatic ring is 1. The Morgan fingerprint density at radius 2 is 2.11 bits per heavy atom. The molecule has 0 saturated carbocycles.